The molecule has 4 heteroatoms. The number of pyridine rings is 1. The molecule has 0 saturated carbocycles. The van der Waals surface area contributed by atoms with Crippen LogP contribution in [0.2, 0.25) is 10.0 Å². The summed E-state index contributed by atoms with van der Waals surface area (Å²) in [5.74, 6) is 0. The van der Waals surface area contributed by atoms with Gasteiger partial charge in [-0.3, -0.25) is 4.98 Å². The van der Waals surface area contributed by atoms with Crippen LogP contribution in [0.3, 0.4) is 0 Å². The summed E-state index contributed by atoms with van der Waals surface area (Å²) in [6, 6.07) is 7.92. The Balaban J connectivity index is 2.11. The van der Waals surface area contributed by atoms with Crippen molar-refractivity contribution in [1.29, 1.82) is 0 Å². The van der Waals surface area contributed by atoms with E-state index in [1.54, 1.807) is 6.07 Å². The number of nitrogens with zero attached hydrogens (tertiary/aromatic N) is 1. The maximum atomic E-state index is 6.28. The van der Waals surface area contributed by atoms with Crippen molar-refractivity contribution in [3.8, 4) is 0 Å². The normalized spacial score (nSPS) is 12.4. The van der Waals surface area contributed by atoms with Crippen molar-refractivity contribution in [2.24, 2.45) is 0 Å². The smallest absolute Gasteiger partial charge is 0.0468 e. The Morgan fingerprint density at radius 2 is 2.05 bits per heavy atom. The fourth-order valence-corrected chi connectivity index (χ4v) is 2.73. The molecule has 1 unspecified atom stereocenters. The number of rotatable bonds is 5. The average Bonchev–Trinajstić information content (AvgIpc) is 2.43. The summed E-state index contributed by atoms with van der Waals surface area (Å²) in [6.45, 7) is 5.01. The average molecular weight is 309 g/mol. The van der Waals surface area contributed by atoms with E-state index in [2.05, 4.69) is 24.1 Å². The van der Waals surface area contributed by atoms with Crippen molar-refractivity contribution < 1.29 is 0 Å². The molecule has 2 rings (SSSR count). The SMILES string of the molecule is CCC(NCc1ccncc1C)c1ccc(Cl)cc1Cl. The molecule has 2 aromatic rings. The van der Waals surface area contributed by atoms with Crippen molar-refractivity contribution in [2.45, 2.75) is 32.9 Å². The molecule has 1 aromatic carbocycles. The molecule has 0 saturated heterocycles. The van der Waals surface area contributed by atoms with Gasteiger partial charge < -0.3 is 5.32 Å². The van der Waals surface area contributed by atoms with Crippen LogP contribution in [-0.4, -0.2) is 4.98 Å². The van der Waals surface area contributed by atoms with E-state index in [1.807, 2.05) is 30.6 Å². The maximum Gasteiger partial charge on any atom is 0.0468 e. The predicted molar refractivity (Wildman–Crippen MR) is 85.3 cm³/mol. The second kappa shape index (κ2) is 7.07. The van der Waals surface area contributed by atoms with E-state index in [1.165, 1.54) is 11.1 Å². The highest BCUT2D eigenvalue weighted by Gasteiger charge is 2.13. The third kappa shape index (κ3) is 3.72. The van der Waals surface area contributed by atoms with E-state index < -0.39 is 0 Å². The van der Waals surface area contributed by atoms with Crippen LogP contribution in [0, 0.1) is 6.92 Å². The van der Waals surface area contributed by atoms with Gasteiger partial charge in [0.05, 0.1) is 0 Å². The molecule has 0 fully saturated rings. The molecular formula is C16H18Cl2N2. The summed E-state index contributed by atoms with van der Waals surface area (Å²) in [4.78, 5) is 4.11. The lowest BCUT2D eigenvalue weighted by Crippen LogP contribution is -2.21. The van der Waals surface area contributed by atoms with E-state index in [9.17, 15) is 0 Å². The highest BCUT2D eigenvalue weighted by Crippen LogP contribution is 2.28. The van der Waals surface area contributed by atoms with Crippen molar-refractivity contribution >= 4 is 23.2 Å². The zero-order chi connectivity index (χ0) is 14.5. The van der Waals surface area contributed by atoms with Gasteiger partial charge in [-0.25, -0.2) is 0 Å². The second-order valence-corrected chi connectivity index (χ2v) is 5.65. The predicted octanol–water partition coefficient (Wildman–Crippen LogP) is 4.94. The van der Waals surface area contributed by atoms with Crippen LogP contribution in [0.1, 0.15) is 36.1 Å². The molecule has 0 bridgehead atoms. The quantitative estimate of drug-likeness (QED) is 0.846. The van der Waals surface area contributed by atoms with Gasteiger partial charge in [0.2, 0.25) is 0 Å². The molecular weight excluding hydrogens is 291 g/mol. The van der Waals surface area contributed by atoms with Gasteiger partial charge in [-0.1, -0.05) is 36.2 Å². The first kappa shape index (κ1) is 15.3. The second-order valence-electron chi connectivity index (χ2n) is 4.81. The fraction of sp³-hybridized carbons (Fsp3) is 0.312. The summed E-state index contributed by atoms with van der Waals surface area (Å²) in [7, 11) is 0. The molecule has 0 radical (unpaired) electrons. The van der Waals surface area contributed by atoms with Crippen LogP contribution < -0.4 is 5.32 Å². The Labute approximate surface area is 130 Å². The summed E-state index contributed by atoms with van der Waals surface area (Å²) in [5, 5.41) is 4.92. The van der Waals surface area contributed by atoms with Gasteiger partial charge in [-0.15, -0.1) is 0 Å². The van der Waals surface area contributed by atoms with Crippen LogP contribution in [0.5, 0.6) is 0 Å². The Morgan fingerprint density at radius 1 is 1.25 bits per heavy atom. The monoisotopic (exact) mass is 308 g/mol. The van der Waals surface area contributed by atoms with Gasteiger partial charge in [0.25, 0.3) is 0 Å². The maximum absolute atomic E-state index is 6.28. The molecule has 0 aliphatic rings. The fourth-order valence-electron chi connectivity index (χ4n) is 2.19. The Hall–Kier alpha value is -1.09. The molecule has 1 heterocycles. The molecule has 0 aliphatic carbocycles. The van der Waals surface area contributed by atoms with Crippen molar-refractivity contribution in [3.63, 3.8) is 0 Å². The molecule has 0 amide bonds. The molecule has 1 aromatic heterocycles. The highest BCUT2D eigenvalue weighted by molar-refractivity contribution is 6.35. The molecule has 1 N–H and O–H groups in total. The van der Waals surface area contributed by atoms with Crippen molar-refractivity contribution in [2.75, 3.05) is 0 Å². The van der Waals surface area contributed by atoms with E-state index in [4.69, 9.17) is 23.2 Å². The lowest BCUT2D eigenvalue weighted by Gasteiger charge is -2.19. The van der Waals surface area contributed by atoms with Crippen LogP contribution in [0.4, 0.5) is 0 Å². The Morgan fingerprint density at radius 3 is 2.70 bits per heavy atom. The largest absolute Gasteiger partial charge is 0.306 e. The molecule has 0 spiro atoms. The van der Waals surface area contributed by atoms with Gasteiger partial charge in [0.15, 0.2) is 0 Å². The van der Waals surface area contributed by atoms with Gasteiger partial charge >= 0.3 is 0 Å². The van der Waals surface area contributed by atoms with Crippen LogP contribution >= 0.6 is 23.2 Å². The molecule has 1 atom stereocenters. The highest BCUT2D eigenvalue weighted by atomic mass is 35.5. The minimum absolute atomic E-state index is 0.215. The number of halogens is 2. The topological polar surface area (TPSA) is 24.9 Å². The van der Waals surface area contributed by atoms with Crippen LogP contribution in [0.25, 0.3) is 0 Å². The third-order valence-corrected chi connectivity index (χ3v) is 3.98. The van der Waals surface area contributed by atoms with Gasteiger partial charge in [-0.05, 0) is 48.2 Å². The van der Waals surface area contributed by atoms with Gasteiger partial charge in [0.1, 0.15) is 0 Å². The van der Waals surface area contributed by atoms with E-state index >= 15 is 0 Å². The lowest BCUT2D eigenvalue weighted by molar-refractivity contribution is 0.518. The summed E-state index contributed by atoms with van der Waals surface area (Å²) < 4.78 is 0. The summed E-state index contributed by atoms with van der Waals surface area (Å²) in [6.07, 6.45) is 4.67. The summed E-state index contributed by atoms with van der Waals surface area (Å²) in [5.41, 5.74) is 3.53. The molecule has 0 aliphatic heterocycles. The standard InChI is InChI=1S/C16H18Cl2N2/c1-3-16(14-5-4-13(17)8-15(14)18)20-10-12-6-7-19-9-11(12)2/h4-9,16,20H,3,10H2,1-2H3. The first-order chi connectivity index (χ1) is 9.61. The van der Waals surface area contributed by atoms with Crippen LogP contribution in [-0.2, 0) is 6.54 Å². The number of hydrogen-bond donors (Lipinski definition) is 1. The third-order valence-electron chi connectivity index (χ3n) is 3.42. The molecule has 2 nitrogen and oxygen atoms in total. The zero-order valence-corrected chi connectivity index (χ0v) is 13.2. The number of benzene rings is 1. The Kier molecular flexibility index (Phi) is 5.41. The van der Waals surface area contributed by atoms with E-state index in [-0.39, 0.29) is 6.04 Å². The first-order valence-electron chi connectivity index (χ1n) is 6.69. The number of hydrogen-bond acceptors (Lipinski definition) is 2. The van der Waals surface area contributed by atoms with E-state index in [0.29, 0.717) is 10.0 Å². The minimum atomic E-state index is 0.215. The molecule has 106 valence electrons. The van der Waals surface area contributed by atoms with Gasteiger partial charge in [0, 0.05) is 35.0 Å². The Bertz CT molecular complexity index is 584. The minimum Gasteiger partial charge on any atom is -0.306 e. The van der Waals surface area contributed by atoms with Gasteiger partial charge in [-0.2, -0.15) is 0 Å². The van der Waals surface area contributed by atoms with Crippen molar-refractivity contribution in [1.82, 2.24) is 10.3 Å². The first-order valence-corrected chi connectivity index (χ1v) is 7.45. The van der Waals surface area contributed by atoms with Crippen LogP contribution in [0.15, 0.2) is 36.7 Å². The van der Waals surface area contributed by atoms with Crippen molar-refractivity contribution in [3.05, 3.63) is 63.4 Å². The summed E-state index contributed by atoms with van der Waals surface area (Å²) >= 11 is 12.2. The number of aryl methyl sites for hydroxylation is 1. The zero-order valence-electron chi connectivity index (χ0n) is 11.7. The number of nitrogens with one attached hydrogen (secondary N) is 1. The molecule has 20 heavy (non-hydrogen) atoms. The van der Waals surface area contributed by atoms with E-state index in [0.717, 1.165) is 18.5 Å². The number of aromatic nitrogens is 1. The lowest BCUT2D eigenvalue weighted by atomic mass is 10.0.